The number of carbonyl (C=O) groups excluding carboxylic acids is 1. The number of methoxy groups -OCH3 is 1. The van der Waals surface area contributed by atoms with E-state index in [0.717, 1.165) is 34.6 Å². The number of benzene rings is 1. The van der Waals surface area contributed by atoms with Gasteiger partial charge in [-0.3, -0.25) is 4.79 Å². The molecule has 6 rings (SSSR count). The van der Waals surface area contributed by atoms with Gasteiger partial charge in [0.2, 0.25) is 15.9 Å². The third-order valence-corrected chi connectivity index (χ3v) is 9.99. The van der Waals surface area contributed by atoms with Crippen LogP contribution in [-0.2, 0) is 27.8 Å². The number of nitrogens with zero attached hydrogens (tertiary/aromatic N) is 1. The average Bonchev–Trinajstić information content (AvgIpc) is 2.71. The normalized spacial score (nSPS) is 32.0. The van der Waals surface area contributed by atoms with E-state index in [1.807, 2.05) is 18.2 Å². The predicted octanol–water partition coefficient (Wildman–Crippen LogP) is 3.11. The number of nitrogens with one attached hydrogen (secondary N) is 1. The quantitative estimate of drug-likeness (QED) is 0.698. The molecular formula is C24H34N2O4S. The second kappa shape index (κ2) is 8.07. The van der Waals surface area contributed by atoms with Gasteiger partial charge in [0.05, 0.1) is 12.9 Å². The summed E-state index contributed by atoms with van der Waals surface area (Å²) in [5, 5.41) is 2.93. The van der Waals surface area contributed by atoms with Crippen molar-refractivity contribution in [2.75, 3.05) is 26.0 Å². The highest BCUT2D eigenvalue weighted by atomic mass is 32.2. The first-order chi connectivity index (χ1) is 14.8. The molecule has 5 aliphatic rings. The molecule has 1 N–H and O–H groups in total. The number of hydrogen-bond donors (Lipinski definition) is 1. The van der Waals surface area contributed by atoms with Crippen molar-refractivity contribution in [2.24, 2.45) is 23.2 Å². The summed E-state index contributed by atoms with van der Waals surface area (Å²) in [4.78, 5) is 12.7. The fourth-order valence-corrected chi connectivity index (χ4v) is 8.55. The molecule has 1 aliphatic heterocycles. The number of amides is 1. The molecule has 0 saturated heterocycles. The molecule has 0 spiro atoms. The van der Waals surface area contributed by atoms with Gasteiger partial charge in [0, 0.05) is 26.1 Å². The highest BCUT2D eigenvalue weighted by Gasteiger charge is 2.51. The van der Waals surface area contributed by atoms with E-state index in [-0.39, 0.29) is 23.6 Å². The first-order valence-corrected chi connectivity index (χ1v) is 13.4. The molecule has 7 heteroatoms. The Bertz CT molecular complexity index is 923. The van der Waals surface area contributed by atoms with Gasteiger partial charge in [-0.05, 0) is 91.4 Å². The molecule has 0 unspecified atom stereocenters. The Labute approximate surface area is 185 Å². The fourth-order valence-electron chi connectivity index (χ4n) is 7.23. The molecule has 4 aliphatic carbocycles. The van der Waals surface area contributed by atoms with Crippen molar-refractivity contribution >= 4 is 15.9 Å². The smallest absolute Gasteiger partial charge is 0.220 e. The number of rotatable bonds is 7. The first kappa shape index (κ1) is 21.3. The van der Waals surface area contributed by atoms with Crippen LogP contribution < -0.4 is 10.1 Å². The summed E-state index contributed by atoms with van der Waals surface area (Å²) in [7, 11) is -1.77. The van der Waals surface area contributed by atoms with Crippen LogP contribution in [0.5, 0.6) is 5.75 Å². The number of sulfonamides is 1. The molecule has 1 amide bonds. The minimum atomic E-state index is -3.40. The van der Waals surface area contributed by atoms with E-state index in [4.69, 9.17) is 4.74 Å². The molecule has 4 bridgehead atoms. The average molecular weight is 447 g/mol. The standard InChI is InChI=1S/C24H34N2O4S/c1-30-22-3-2-21-16-26(6-4-20(21)11-22)31(28,29)7-5-25-23(27)15-24-12-17-8-18(13-24)10-19(9-17)14-24/h2-3,11,17-19H,4-10,12-16H2,1H3,(H,25,27). The van der Waals surface area contributed by atoms with E-state index < -0.39 is 10.0 Å². The second-order valence-electron chi connectivity index (χ2n) is 10.5. The van der Waals surface area contributed by atoms with Crippen molar-refractivity contribution in [3.05, 3.63) is 29.3 Å². The Morgan fingerprint density at radius 1 is 1.13 bits per heavy atom. The molecule has 4 saturated carbocycles. The van der Waals surface area contributed by atoms with E-state index >= 15 is 0 Å². The van der Waals surface area contributed by atoms with E-state index in [1.165, 1.54) is 38.5 Å². The molecule has 1 heterocycles. The van der Waals surface area contributed by atoms with Gasteiger partial charge < -0.3 is 10.1 Å². The van der Waals surface area contributed by atoms with Gasteiger partial charge in [0.15, 0.2) is 0 Å². The first-order valence-electron chi connectivity index (χ1n) is 11.7. The van der Waals surface area contributed by atoms with Crippen LogP contribution in [-0.4, -0.2) is 44.6 Å². The van der Waals surface area contributed by atoms with Crippen molar-refractivity contribution in [2.45, 2.75) is 57.9 Å². The molecule has 0 atom stereocenters. The monoisotopic (exact) mass is 446 g/mol. The van der Waals surface area contributed by atoms with Crippen LogP contribution in [0.25, 0.3) is 0 Å². The van der Waals surface area contributed by atoms with Crippen LogP contribution >= 0.6 is 0 Å². The zero-order valence-corrected chi connectivity index (χ0v) is 19.3. The molecular weight excluding hydrogens is 412 g/mol. The zero-order valence-electron chi connectivity index (χ0n) is 18.4. The summed E-state index contributed by atoms with van der Waals surface area (Å²) >= 11 is 0. The molecule has 1 aromatic carbocycles. The Hall–Kier alpha value is -1.60. The maximum Gasteiger partial charge on any atom is 0.220 e. The van der Waals surface area contributed by atoms with Gasteiger partial charge in [0.1, 0.15) is 5.75 Å². The van der Waals surface area contributed by atoms with Gasteiger partial charge in [0.25, 0.3) is 0 Å². The molecule has 4 fully saturated rings. The van der Waals surface area contributed by atoms with Crippen LogP contribution in [0.1, 0.15) is 56.1 Å². The summed E-state index contributed by atoms with van der Waals surface area (Å²) < 4.78 is 32.5. The molecule has 1 aromatic rings. The highest BCUT2D eigenvalue weighted by Crippen LogP contribution is 2.61. The van der Waals surface area contributed by atoms with E-state index in [2.05, 4.69) is 5.32 Å². The Balaban J connectivity index is 1.13. The summed E-state index contributed by atoms with van der Waals surface area (Å²) in [6.45, 7) is 1.06. The van der Waals surface area contributed by atoms with Crippen molar-refractivity contribution in [3.8, 4) is 5.75 Å². The lowest BCUT2D eigenvalue weighted by Crippen LogP contribution is -2.48. The van der Waals surface area contributed by atoms with Gasteiger partial charge >= 0.3 is 0 Å². The van der Waals surface area contributed by atoms with Crippen LogP contribution in [0.4, 0.5) is 0 Å². The van der Waals surface area contributed by atoms with Crippen molar-refractivity contribution in [1.82, 2.24) is 9.62 Å². The topological polar surface area (TPSA) is 75.7 Å². The van der Waals surface area contributed by atoms with Crippen LogP contribution in [0.3, 0.4) is 0 Å². The summed E-state index contributed by atoms with van der Waals surface area (Å²) in [5.74, 6) is 3.26. The van der Waals surface area contributed by atoms with E-state index in [1.54, 1.807) is 11.4 Å². The second-order valence-corrected chi connectivity index (χ2v) is 12.6. The zero-order chi connectivity index (χ0) is 21.6. The number of ether oxygens (including phenoxy) is 1. The summed E-state index contributed by atoms with van der Waals surface area (Å²) in [6, 6.07) is 5.81. The highest BCUT2D eigenvalue weighted by molar-refractivity contribution is 7.89. The predicted molar refractivity (Wildman–Crippen MR) is 119 cm³/mol. The van der Waals surface area contributed by atoms with Crippen LogP contribution in [0.15, 0.2) is 18.2 Å². The molecule has 6 nitrogen and oxygen atoms in total. The molecule has 0 aromatic heterocycles. The summed E-state index contributed by atoms with van der Waals surface area (Å²) in [6.07, 6.45) is 8.95. The van der Waals surface area contributed by atoms with Gasteiger partial charge in [-0.15, -0.1) is 0 Å². The lowest BCUT2D eigenvalue weighted by atomic mass is 9.49. The van der Waals surface area contributed by atoms with Gasteiger partial charge in [-0.1, -0.05) is 6.07 Å². The number of hydrogen-bond acceptors (Lipinski definition) is 4. The van der Waals surface area contributed by atoms with Crippen molar-refractivity contribution in [1.29, 1.82) is 0 Å². The molecule has 170 valence electrons. The number of carbonyl (C=O) groups is 1. The SMILES string of the molecule is COc1ccc2c(c1)CCN(S(=O)(=O)CCNC(=O)CC13CC4CC(CC(C4)C1)C3)C2. The Morgan fingerprint density at radius 2 is 1.81 bits per heavy atom. The maximum atomic E-state index is 12.9. The molecule has 31 heavy (non-hydrogen) atoms. The largest absolute Gasteiger partial charge is 0.497 e. The fraction of sp³-hybridized carbons (Fsp3) is 0.708. The van der Waals surface area contributed by atoms with E-state index in [0.29, 0.717) is 25.9 Å². The Morgan fingerprint density at radius 3 is 2.45 bits per heavy atom. The minimum absolute atomic E-state index is 0.0354. The van der Waals surface area contributed by atoms with Crippen LogP contribution in [0, 0.1) is 23.2 Å². The van der Waals surface area contributed by atoms with Crippen molar-refractivity contribution in [3.63, 3.8) is 0 Å². The summed E-state index contributed by atoms with van der Waals surface area (Å²) in [5.41, 5.74) is 2.37. The Kier molecular flexibility index (Phi) is 5.53. The third kappa shape index (κ3) is 4.36. The third-order valence-electron chi connectivity index (χ3n) is 8.17. The van der Waals surface area contributed by atoms with E-state index in [9.17, 15) is 13.2 Å². The number of fused-ring (bicyclic) bond motifs is 1. The van der Waals surface area contributed by atoms with Crippen molar-refractivity contribution < 1.29 is 17.9 Å². The lowest BCUT2D eigenvalue weighted by molar-refractivity contribution is -0.129. The van der Waals surface area contributed by atoms with Gasteiger partial charge in [-0.2, -0.15) is 4.31 Å². The van der Waals surface area contributed by atoms with Crippen LogP contribution in [0.2, 0.25) is 0 Å². The van der Waals surface area contributed by atoms with Gasteiger partial charge in [-0.25, -0.2) is 8.42 Å². The molecule has 0 radical (unpaired) electrons. The maximum absolute atomic E-state index is 12.9. The minimum Gasteiger partial charge on any atom is -0.497 e. The lowest BCUT2D eigenvalue weighted by Gasteiger charge is -2.56.